The topological polar surface area (TPSA) is 15.3 Å². The van der Waals surface area contributed by atoms with Gasteiger partial charge in [-0.3, -0.25) is 0 Å². The van der Waals surface area contributed by atoms with E-state index in [1.807, 2.05) is 31.7 Å². The molecule has 0 saturated heterocycles. The van der Waals surface area contributed by atoms with Gasteiger partial charge in [-0.05, 0) is 39.1 Å². The van der Waals surface area contributed by atoms with E-state index in [-0.39, 0.29) is 6.04 Å². The van der Waals surface area contributed by atoms with Crippen molar-refractivity contribution >= 4 is 5.69 Å². The van der Waals surface area contributed by atoms with Crippen molar-refractivity contribution in [3.63, 3.8) is 0 Å². The second-order valence-electron chi connectivity index (χ2n) is 4.48. The summed E-state index contributed by atoms with van der Waals surface area (Å²) in [4.78, 5) is 1.98. The molecule has 0 aliphatic rings. The Bertz CT molecular complexity index is 467. The van der Waals surface area contributed by atoms with Gasteiger partial charge in [0.05, 0.1) is 6.54 Å². The number of hydrogen-bond acceptors (Lipinski definition) is 2. The van der Waals surface area contributed by atoms with Crippen LogP contribution in [0.2, 0.25) is 0 Å². The number of allylic oxidation sites excluding steroid dienone is 1. The van der Waals surface area contributed by atoms with E-state index in [0.717, 1.165) is 11.8 Å². The molecule has 0 saturated carbocycles. The van der Waals surface area contributed by atoms with Crippen molar-refractivity contribution in [3.05, 3.63) is 54.4 Å². The molecule has 104 valence electrons. The summed E-state index contributed by atoms with van der Waals surface area (Å²) >= 11 is 0. The fraction of sp³-hybridized carbons (Fsp3) is 0.333. The molecule has 4 heteroatoms. The van der Waals surface area contributed by atoms with Gasteiger partial charge in [-0.25, -0.2) is 8.78 Å². The molecule has 0 aromatic heterocycles. The largest absolute Gasteiger partial charge is 0.364 e. The van der Waals surface area contributed by atoms with Crippen LogP contribution >= 0.6 is 0 Å². The fourth-order valence-corrected chi connectivity index (χ4v) is 1.77. The van der Waals surface area contributed by atoms with Crippen molar-refractivity contribution in [1.82, 2.24) is 5.32 Å². The van der Waals surface area contributed by atoms with Crippen molar-refractivity contribution in [2.75, 3.05) is 11.4 Å². The van der Waals surface area contributed by atoms with Crippen LogP contribution in [0.15, 0.2) is 42.8 Å². The van der Waals surface area contributed by atoms with E-state index in [9.17, 15) is 8.78 Å². The number of rotatable bonds is 6. The molecule has 0 spiro atoms. The maximum Gasteiger partial charge on any atom is 0.160 e. The molecule has 19 heavy (non-hydrogen) atoms. The SMILES string of the molecule is C=CN/C(=C\C)CN(c1ccc(F)c(F)c1)C(C)C. The van der Waals surface area contributed by atoms with Crippen LogP contribution in [0, 0.1) is 11.6 Å². The lowest BCUT2D eigenvalue weighted by atomic mass is 10.2. The zero-order chi connectivity index (χ0) is 14.4. The van der Waals surface area contributed by atoms with Crippen LogP contribution in [-0.2, 0) is 0 Å². The van der Waals surface area contributed by atoms with Crippen LogP contribution in [0.25, 0.3) is 0 Å². The second-order valence-corrected chi connectivity index (χ2v) is 4.48. The van der Waals surface area contributed by atoms with Crippen LogP contribution in [0.1, 0.15) is 20.8 Å². The highest BCUT2D eigenvalue weighted by Crippen LogP contribution is 2.21. The lowest BCUT2D eigenvalue weighted by Gasteiger charge is -2.30. The number of hydrogen-bond donors (Lipinski definition) is 1. The minimum atomic E-state index is -0.832. The smallest absolute Gasteiger partial charge is 0.160 e. The molecule has 1 N–H and O–H groups in total. The van der Waals surface area contributed by atoms with Gasteiger partial charge in [0.25, 0.3) is 0 Å². The summed E-state index contributed by atoms with van der Waals surface area (Å²) in [5.41, 5.74) is 1.60. The average molecular weight is 266 g/mol. The molecule has 0 heterocycles. The van der Waals surface area contributed by atoms with Crippen LogP contribution in [0.5, 0.6) is 0 Å². The molecule has 0 atom stereocenters. The number of halogens is 2. The molecule has 0 amide bonds. The summed E-state index contributed by atoms with van der Waals surface area (Å²) in [5.74, 6) is -1.66. The van der Waals surface area contributed by atoms with E-state index < -0.39 is 11.6 Å². The van der Waals surface area contributed by atoms with Gasteiger partial charge in [-0.1, -0.05) is 12.7 Å². The molecule has 1 rings (SSSR count). The first-order valence-electron chi connectivity index (χ1n) is 6.24. The average Bonchev–Trinajstić information content (AvgIpc) is 2.37. The van der Waals surface area contributed by atoms with Gasteiger partial charge in [0, 0.05) is 23.5 Å². The highest BCUT2D eigenvalue weighted by molar-refractivity contribution is 5.48. The van der Waals surface area contributed by atoms with Gasteiger partial charge in [-0.15, -0.1) is 0 Å². The van der Waals surface area contributed by atoms with Gasteiger partial charge in [0.15, 0.2) is 11.6 Å². The number of anilines is 1. The van der Waals surface area contributed by atoms with Crippen LogP contribution in [0.4, 0.5) is 14.5 Å². The normalized spacial score (nSPS) is 11.6. The lowest BCUT2D eigenvalue weighted by molar-refractivity contribution is 0.508. The molecule has 0 radical (unpaired) electrons. The second kappa shape index (κ2) is 6.92. The zero-order valence-electron chi connectivity index (χ0n) is 11.6. The summed E-state index contributed by atoms with van der Waals surface area (Å²) in [5, 5.41) is 3.03. The highest BCUT2D eigenvalue weighted by Gasteiger charge is 2.14. The molecule has 1 aromatic rings. The molecular weight excluding hydrogens is 246 g/mol. The molecule has 0 aliphatic heterocycles. The maximum absolute atomic E-state index is 13.3. The fourth-order valence-electron chi connectivity index (χ4n) is 1.77. The van der Waals surface area contributed by atoms with Gasteiger partial charge in [0.2, 0.25) is 0 Å². The predicted octanol–water partition coefficient (Wildman–Crippen LogP) is 3.82. The first-order chi connectivity index (χ1) is 8.99. The minimum Gasteiger partial charge on any atom is -0.364 e. The van der Waals surface area contributed by atoms with Crippen LogP contribution in [-0.4, -0.2) is 12.6 Å². The monoisotopic (exact) mass is 266 g/mol. The van der Waals surface area contributed by atoms with Gasteiger partial charge in [-0.2, -0.15) is 0 Å². The third-order valence-corrected chi connectivity index (χ3v) is 2.83. The third kappa shape index (κ3) is 4.09. The van der Waals surface area contributed by atoms with Gasteiger partial charge < -0.3 is 10.2 Å². The molecule has 0 aliphatic carbocycles. The Hall–Kier alpha value is -1.84. The molecule has 1 aromatic carbocycles. The standard InChI is InChI=1S/C15H20F2N2/c1-5-12(18-6-2)10-19(11(3)4)13-7-8-14(16)15(17)9-13/h5-9,11,18H,2,10H2,1,3-4H3/b12-5-. The Morgan fingerprint density at radius 1 is 1.37 bits per heavy atom. The Labute approximate surface area is 113 Å². The van der Waals surface area contributed by atoms with E-state index in [2.05, 4.69) is 11.9 Å². The summed E-state index contributed by atoms with van der Waals surface area (Å²) in [7, 11) is 0. The Morgan fingerprint density at radius 3 is 2.53 bits per heavy atom. The number of benzene rings is 1. The Balaban J connectivity index is 3.00. The maximum atomic E-state index is 13.3. The third-order valence-electron chi connectivity index (χ3n) is 2.83. The molecule has 0 bridgehead atoms. The van der Waals surface area contributed by atoms with Gasteiger partial charge >= 0.3 is 0 Å². The van der Waals surface area contributed by atoms with Crippen LogP contribution < -0.4 is 10.2 Å². The highest BCUT2D eigenvalue weighted by atomic mass is 19.2. The van der Waals surface area contributed by atoms with E-state index in [0.29, 0.717) is 12.2 Å². The van der Waals surface area contributed by atoms with Crippen molar-refractivity contribution in [3.8, 4) is 0 Å². The molecule has 0 fully saturated rings. The van der Waals surface area contributed by atoms with E-state index >= 15 is 0 Å². The molecule has 0 unspecified atom stereocenters. The van der Waals surface area contributed by atoms with E-state index in [4.69, 9.17) is 0 Å². The summed E-state index contributed by atoms with van der Waals surface area (Å²) in [6.07, 6.45) is 3.52. The molecular formula is C15H20F2N2. The Kier molecular flexibility index (Phi) is 5.55. The van der Waals surface area contributed by atoms with E-state index in [1.165, 1.54) is 6.07 Å². The minimum absolute atomic E-state index is 0.159. The summed E-state index contributed by atoms with van der Waals surface area (Å²) in [6.45, 7) is 10.1. The first kappa shape index (κ1) is 15.2. The van der Waals surface area contributed by atoms with Crippen molar-refractivity contribution in [2.24, 2.45) is 0 Å². The summed E-state index contributed by atoms with van der Waals surface area (Å²) in [6, 6.07) is 4.11. The summed E-state index contributed by atoms with van der Waals surface area (Å²) < 4.78 is 26.3. The number of nitrogens with one attached hydrogen (secondary N) is 1. The van der Waals surface area contributed by atoms with Crippen molar-refractivity contribution < 1.29 is 8.78 Å². The first-order valence-corrected chi connectivity index (χ1v) is 6.24. The molecule has 2 nitrogen and oxygen atoms in total. The lowest BCUT2D eigenvalue weighted by Crippen LogP contribution is -2.35. The predicted molar refractivity (Wildman–Crippen MR) is 75.9 cm³/mol. The Morgan fingerprint density at radius 2 is 2.05 bits per heavy atom. The van der Waals surface area contributed by atoms with Gasteiger partial charge in [0.1, 0.15) is 0 Å². The van der Waals surface area contributed by atoms with Crippen molar-refractivity contribution in [2.45, 2.75) is 26.8 Å². The zero-order valence-corrected chi connectivity index (χ0v) is 11.6. The number of nitrogens with zero attached hydrogens (tertiary/aromatic N) is 1. The van der Waals surface area contributed by atoms with Crippen molar-refractivity contribution in [1.29, 1.82) is 0 Å². The van der Waals surface area contributed by atoms with Crippen LogP contribution in [0.3, 0.4) is 0 Å². The quantitative estimate of drug-likeness (QED) is 0.842. The van der Waals surface area contributed by atoms with E-state index in [1.54, 1.807) is 12.3 Å².